The highest BCUT2D eigenvalue weighted by molar-refractivity contribution is 7.88. The summed E-state index contributed by atoms with van der Waals surface area (Å²) in [6.07, 6.45) is 6.25. The lowest BCUT2D eigenvalue weighted by Gasteiger charge is -2.40. The van der Waals surface area contributed by atoms with Crippen molar-refractivity contribution in [2.24, 2.45) is 11.8 Å². The average Bonchev–Trinajstić information content (AvgIpc) is 3.32. The molecule has 4 rings (SSSR count). The van der Waals surface area contributed by atoms with Crippen molar-refractivity contribution in [1.82, 2.24) is 9.62 Å². The van der Waals surface area contributed by atoms with E-state index in [1.807, 2.05) is 11.0 Å². The fourth-order valence-corrected chi connectivity index (χ4v) is 6.26. The second-order valence-electron chi connectivity index (χ2n) is 9.75. The lowest BCUT2D eigenvalue weighted by molar-refractivity contribution is -0.138. The minimum atomic E-state index is -3.35. The molecule has 2 heterocycles. The summed E-state index contributed by atoms with van der Waals surface area (Å²) in [4.78, 5) is 14.7. The van der Waals surface area contributed by atoms with Crippen LogP contribution in [0.2, 0.25) is 0 Å². The van der Waals surface area contributed by atoms with Crippen LogP contribution in [0.5, 0.6) is 0 Å². The molecule has 2 aliphatic heterocycles. The van der Waals surface area contributed by atoms with Crippen LogP contribution in [0.1, 0.15) is 50.0 Å². The second-order valence-corrected chi connectivity index (χ2v) is 11.5. The number of ether oxygens (including phenoxy) is 2. The largest absolute Gasteiger partial charge is 0.381 e. The first-order chi connectivity index (χ1) is 15.8. The summed E-state index contributed by atoms with van der Waals surface area (Å²) in [7, 11) is -3.35. The van der Waals surface area contributed by atoms with E-state index in [-0.39, 0.29) is 35.7 Å². The normalized spacial score (nSPS) is 31.0. The molecular formula is C24H35FN2O5S. The minimum Gasteiger partial charge on any atom is -0.381 e. The van der Waals surface area contributed by atoms with Crippen molar-refractivity contribution < 1.29 is 27.1 Å². The van der Waals surface area contributed by atoms with Gasteiger partial charge in [-0.25, -0.2) is 17.5 Å². The van der Waals surface area contributed by atoms with E-state index in [4.69, 9.17) is 9.47 Å². The van der Waals surface area contributed by atoms with E-state index in [0.717, 1.165) is 37.7 Å². The smallest absolute Gasteiger partial charge is 0.228 e. The van der Waals surface area contributed by atoms with Crippen LogP contribution in [-0.4, -0.2) is 70.5 Å². The van der Waals surface area contributed by atoms with Gasteiger partial charge in [0.25, 0.3) is 0 Å². The molecule has 1 aromatic carbocycles. The fourth-order valence-electron chi connectivity index (χ4n) is 5.40. The molecule has 0 bridgehead atoms. The van der Waals surface area contributed by atoms with E-state index >= 15 is 0 Å². The first-order valence-corrected chi connectivity index (χ1v) is 13.9. The molecule has 1 aromatic rings. The third kappa shape index (κ3) is 6.74. The number of amides is 1. The van der Waals surface area contributed by atoms with Crippen LogP contribution < -0.4 is 4.72 Å². The quantitative estimate of drug-likeness (QED) is 0.646. The summed E-state index contributed by atoms with van der Waals surface area (Å²) in [5, 5.41) is 0. The summed E-state index contributed by atoms with van der Waals surface area (Å²) in [5.41, 5.74) is 1.04. The van der Waals surface area contributed by atoms with E-state index in [0.29, 0.717) is 45.2 Å². The molecule has 9 heteroatoms. The van der Waals surface area contributed by atoms with Gasteiger partial charge in [-0.1, -0.05) is 12.1 Å². The first-order valence-electron chi connectivity index (χ1n) is 12.0. The van der Waals surface area contributed by atoms with Crippen molar-refractivity contribution in [3.05, 3.63) is 35.6 Å². The van der Waals surface area contributed by atoms with Gasteiger partial charge in [-0.05, 0) is 62.1 Å². The second kappa shape index (κ2) is 10.8. The van der Waals surface area contributed by atoms with Crippen molar-refractivity contribution >= 4 is 15.9 Å². The summed E-state index contributed by atoms with van der Waals surface area (Å²) < 4.78 is 51.7. The minimum absolute atomic E-state index is 0.0934. The van der Waals surface area contributed by atoms with Gasteiger partial charge in [-0.3, -0.25) is 4.79 Å². The fraction of sp³-hybridized carbons (Fsp3) is 0.708. The lowest BCUT2D eigenvalue weighted by Crippen LogP contribution is -2.54. The zero-order valence-corrected chi connectivity index (χ0v) is 20.1. The van der Waals surface area contributed by atoms with Crippen molar-refractivity contribution in [1.29, 1.82) is 0 Å². The Bertz CT molecular complexity index is 913. The number of halogens is 1. The molecule has 0 aromatic heterocycles. The van der Waals surface area contributed by atoms with Crippen LogP contribution in [0, 0.1) is 17.7 Å². The third-order valence-corrected chi connectivity index (χ3v) is 7.96. The molecule has 184 valence electrons. The molecule has 1 N–H and O–H groups in total. The molecule has 1 saturated carbocycles. The maximum atomic E-state index is 13.6. The van der Waals surface area contributed by atoms with Crippen LogP contribution in [0.3, 0.4) is 0 Å². The molecule has 1 aliphatic carbocycles. The molecule has 0 radical (unpaired) electrons. The number of rotatable bonds is 7. The van der Waals surface area contributed by atoms with E-state index in [1.165, 1.54) is 12.3 Å². The highest BCUT2D eigenvalue weighted by Crippen LogP contribution is 2.35. The van der Waals surface area contributed by atoms with Gasteiger partial charge < -0.3 is 14.4 Å². The highest BCUT2D eigenvalue weighted by atomic mass is 32.2. The van der Waals surface area contributed by atoms with E-state index < -0.39 is 10.0 Å². The predicted octanol–water partition coefficient (Wildman–Crippen LogP) is 2.67. The Morgan fingerprint density at radius 3 is 2.67 bits per heavy atom. The number of likely N-dealkylation sites (tertiary alicyclic amines) is 1. The lowest BCUT2D eigenvalue weighted by atomic mass is 9.82. The Labute approximate surface area is 196 Å². The topological polar surface area (TPSA) is 84.9 Å². The molecule has 3 fully saturated rings. The Hall–Kier alpha value is -1.55. The number of nitrogens with zero attached hydrogens (tertiary/aromatic N) is 1. The van der Waals surface area contributed by atoms with E-state index in [2.05, 4.69) is 4.72 Å². The van der Waals surface area contributed by atoms with Crippen LogP contribution >= 0.6 is 0 Å². The summed E-state index contributed by atoms with van der Waals surface area (Å²) in [6.45, 7) is 2.52. The summed E-state index contributed by atoms with van der Waals surface area (Å²) >= 11 is 0. The molecule has 3 unspecified atom stereocenters. The van der Waals surface area contributed by atoms with Gasteiger partial charge in [0.1, 0.15) is 5.82 Å². The maximum Gasteiger partial charge on any atom is 0.228 e. The first kappa shape index (κ1) is 24.6. The highest BCUT2D eigenvalue weighted by Gasteiger charge is 2.37. The van der Waals surface area contributed by atoms with Gasteiger partial charge in [-0.2, -0.15) is 0 Å². The molecule has 3 aliphatic rings. The van der Waals surface area contributed by atoms with Crippen LogP contribution in [0.25, 0.3) is 0 Å². The van der Waals surface area contributed by atoms with Crippen molar-refractivity contribution in [2.45, 2.75) is 56.6 Å². The molecule has 2 saturated heterocycles. The van der Waals surface area contributed by atoms with Crippen molar-refractivity contribution in [3.63, 3.8) is 0 Å². The summed E-state index contributed by atoms with van der Waals surface area (Å²) in [6, 6.07) is 6.59. The zero-order valence-electron chi connectivity index (χ0n) is 19.2. The Balaban J connectivity index is 1.32. The van der Waals surface area contributed by atoms with E-state index in [1.54, 1.807) is 12.1 Å². The number of nitrogens with one attached hydrogen (secondary N) is 1. The molecule has 7 nitrogen and oxygen atoms in total. The van der Waals surface area contributed by atoms with Crippen LogP contribution in [0.15, 0.2) is 24.3 Å². The Morgan fingerprint density at radius 1 is 1.21 bits per heavy atom. The van der Waals surface area contributed by atoms with Gasteiger partial charge in [0.2, 0.25) is 15.9 Å². The number of carbonyl (C=O) groups is 1. The monoisotopic (exact) mass is 482 g/mol. The molecule has 1 amide bonds. The van der Waals surface area contributed by atoms with Crippen molar-refractivity contribution in [3.8, 4) is 0 Å². The van der Waals surface area contributed by atoms with Gasteiger partial charge in [0, 0.05) is 31.7 Å². The molecule has 3 atom stereocenters. The van der Waals surface area contributed by atoms with Crippen LogP contribution in [0.4, 0.5) is 4.39 Å². The number of sulfonamides is 1. The SMILES string of the molecule is CS(=O)(=O)NC1CCN(C(=O)C2CCOC2)CC1COC1CCC(c2cccc(F)c2)CC1. The summed E-state index contributed by atoms with van der Waals surface area (Å²) in [5.74, 6) is 0.0585. The average molecular weight is 483 g/mol. The van der Waals surface area contributed by atoms with Gasteiger partial charge in [0.15, 0.2) is 0 Å². The number of hydrogen-bond acceptors (Lipinski definition) is 5. The predicted molar refractivity (Wildman–Crippen MR) is 123 cm³/mol. The van der Waals surface area contributed by atoms with Gasteiger partial charge in [0.05, 0.1) is 31.5 Å². The van der Waals surface area contributed by atoms with Gasteiger partial charge >= 0.3 is 0 Å². The van der Waals surface area contributed by atoms with Gasteiger partial charge in [-0.15, -0.1) is 0 Å². The van der Waals surface area contributed by atoms with E-state index in [9.17, 15) is 17.6 Å². The number of hydrogen-bond donors (Lipinski definition) is 1. The standard InChI is InChI=1S/C24H35FN2O5S/c1-33(29,30)26-23-9-11-27(24(28)19-10-12-31-15-19)14-20(23)16-32-22-7-5-17(6-8-22)18-3-2-4-21(25)13-18/h2-4,13,17,19-20,22-23,26H,5-12,14-16H2,1H3. The van der Waals surface area contributed by atoms with Crippen molar-refractivity contribution in [2.75, 3.05) is 39.2 Å². The van der Waals surface area contributed by atoms with Crippen LogP contribution in [-0.2, 0) is 24.3 Å². The molecular weight excluding hydrogens is 447 g/mol. The zero-order chi connectivity index (χ0) is 23.4. The number of carbonyl (C=O) groups excluding carboxylic acids is 1. The third-order valence-electron chi connectivity index (χ3n) is 7.23. The molecule has 33 heavy (non-hydrogen) atoms. The maximum absolute atomic E-state index is 13.6. The molecule has 0 spiro atoms. The number of piperidine rings is 1. The number of benzene rings is 1. The Kier molecular flexibility index (Phi) is 8.04. The Morgan fingerprint density at radius 2 is 2.00 bits per heavy atom.